The first-order chi connectivity index (χ1) is 7.83. The highest BCUT2D eigenvalue weighted by Crippen LogP contribution is 2.03. The zero-order chi connectivity index (χ0) is 11.6. The van der Waals surface area contributed by atoms with E-state index >= 15 is 0 Å². The second-order valence-electron chi connectivity index (χ2n) is 3.62. The Morgan fingerprint density at radius 1 is 1.38 bits per heavy atom. The largest absolute Gasteiger partial charge is 0.388 e. The Morgan fingerprint density at radius 2 is 2.12 bits per heavy atom. The zero-order valence-electron chi connectivity index (χ0n) is 9.43. The van der Waals surface area contributed by atoms with Crippen molar-refractivity contribution < 1.29 is 9.84 Å². The Hall–Kier alpha value is -1.34. The van der Waals surface area contributed by atoms with Crippen molar-refractivity contribution in [1.82, 2.24) is 0 Å². The van der Waals surface area contributed by atoms with E-state index in [0.29, 0.717) is 19.6 Å². The Morgan fingerprint density at radius 3 is 2.81 bits per heavy atom. The van der Waals surface area contributed by atoms with Crippen LogP contribution in [0.5, 0.6) is 0 Å². The van der Waals surface area contributed by atoms with Crippen molar-refractivity contribution in [3.05, 3.63) is 54.3 Å². The number of ether oxygens (including phenoxy) is 1. The molecule has 1 rings (SSSR count). The molecular formula is C14H18O2. The van der Waals surface area contributed by atoms with E-state index in [1.807, 2.05) is 30.3 Å². The van der Waals surface area contributed by atoms with Crippen LogP contribution in [-0.4, -0.2) is 17.8 Å². The first-order valence-corrected chi connectivity index (χ1v) is 5.48. The average molecular weight is 218 g/mol. The second kappa shape index (κ2) is 7.89. The Labute approximate surface area is 96.9 Å². The lowest BCUT2D eigenvalue weighted by molar-refractivity contribution is 0.106. The summed E-state index contributed by atoms with van der Waals surface area (Å²) in [7, 11) is 0. The Bertz CT molecular complexity index is 326. The number of hydrogen-bond donors (Lipinski definition) is 1. The van der Waals surface area contributed by atoms with E-state index in [9.17, 15) is 5.11 Å². The maximum atomic E-state index is 9.35. The summed E-state index contributed by atoms with van der Waals surface area (Å²) in [6.07, 6.45) is 2.65. The van der Waals surface area contributed by atoms with Crippen molar-refractivity contribution in [2.45, 2.75) is 25.6 Å². The van der Waals surface area contributed by atoms with E-state index in [1.54, 1.807) is 6.08 Å². The van der Waals surface area contributed by atoms with Crippen LogP contribution in [0.15, 0.2) is 48.7 Å². The lowest BCUT2D eigenvalue weighted by atomic mass is 10.2. The van der Waals surface area contributed by atoms with Crippen LogP contribution in [0.4, 0.5) is 0 Å². The minimum atomic E-state index is -0.446. The molecule has 0 radical (unpaired) electrons. The predicted octanol–water partition coefficient (Wildman–Crippen LogP) is 2.69. The molecule has 0 fully saturated rings. The Balaban J connectivity index is 2.06. The van der Waals surface area contributed by atoms with Crippen LogP contribution in [0.1, 0.15) is 18.4 Å². The van der Waals surface area contributed by atoms with Crippen LogP contribution >= 0.6 is 0 Å². The van der Waals surface area contributed by atoms with Gasteiger partial charge in [0.15, 0.2) is 0 Å². The number of benzene rings is 1. The lowest BCUT2D eigenvalue weighted by Gasteiger charge is -2.06. The fraction of sp³-hybridized carbons (Fsp3) is 0.357. The monoisotopic (exact) mass is 218 g/mol. The van der Waals surface area contributed by atoms with Crippen molar-refractivity contribution in [3.63, 3.8) is 0 Å². The summed E-state index contributed by atoms with van der Waals surface area (Å²) < 4.78 is 5.49. The van der Waals surface area contributed by atoms with E-state index in [2.05, 4.69) is 12.3 Å². The smallest absolute Gasteiger partial charge is 0.0795 e. The van der Waals surface area contributed by atoms with Crippen LogP contribution in [0.3, 0.4) is 0 Å². The molecule has 1 atom stereocenters. The van der Waals surface area contributed by atoms with Gasteiger partial charge in [0.2, 0.25) is 0 Å². The fourth-order valence-corrected chi connectivity index (χ4v) is 1.38. The molecule has 0 aromatic heterocycles. The van der Waals surface area contributed by atoms with Crippen molar-refractivity contribution >= 4 is 0 Å². The normalized spacial score (nSPS) is 11.8. The van der Waals surface area contributed by atoms with Gasteiger partial charge in [-0.15, -0.1) is 5.73 Å². The maximum Gasteiger partial charge on any atom is 0.0795 e. The van der Waals surface area contributed by atoms with Gasteiger partial charge in [-0.05, 0) is 24.5 Å². The van der Waals surface area contributed by atoms with Gasteiger partial charge < -0.3 is 9.84 Å². The molecule has 0 aliphatic rings. The van der Waals surface area contributed by atoms with Gasteiger partial charge in [-0.3, -0.25) is 0 Å². The van der Waals surface area contributed by atoms with E-state index in [-0.39, 0.29) is 0 Å². The molecule has 0 aliphatic heterocycles. The molecule has 86 valence electrons. The van der Waals surface area contributed by atoms with Gasteiger partial charge in [0.1, 0.15) is 0 Å². The molecule has 0 spiro atoms. The summed E-state index contributed by atoms with van der Waals surface area (Å²) in [5.74, 6) is 0. The van der Waals surface area contributed by atoms with Gasteiger partial charge in [0.05, 0.1) is 12.7 Å². The molecule has 1 N–H and O–H groups in total. The van der Waals surface area contributed by atoms with Gasteiger partial charge in [0, 0.05) is 6.61 Å². The number of aliphatic hydroxyl groups is 1. The third-order valence-electron chi connectivity index (χ3n) is 2.21. The van der Waals surface area contributed by atoms with Gasteiger partial charge in [-0.2, -0.15) is 0 Å². The molecule has 0 bridgehead atoms. The quantitative estimate of drug-likeness (QED) is 0.563. The molecule has 0 aliphatic carbocycles. The summed E-state index contributed by atoms with van der Waals surface area (Å²) in [4.78, 5) is 0. The molecule has 2 nitrogen and oxygen atoms in total. The molecular weight excluding hydrogens is 200 g/mol. The molecule has 0 unspecified atom stereocenters. The third kappa shape index (κ3) is 5.52. The van der Waals surface area contributed by atoms with Crippen molar-refractivity contribution in [2.24, 2.45) is 0 Å². The topological polar surface area (TPSA) is 29.5 Å². The molecule has 0 heterocycles. The van der Waals surface area contributed by atoms with Crippen molar-refractivity contribution in [2.75, 3.05) is 6.61 Å². The molecule has 2 heteroatoms. The summed E-state index contributed by atoms with van der Waals surface area (Å²) in [5.41, 5.74) is 3.74. The van der Waals surface area contributed by atoms with E-state index < -0.39 is 6.10 Å². The molecule has 1 aromatic carbocycles. The van der Waals surface area contributed by atoms with Gasteiger partial charge in [0.25, 0.3) is 0 Å². The number of hydrogen-bond acceptors (Lipinski definition) is 2. The first-order valence-electron chi connectivity index (χ1n) is 5.48. The maximum absolute atomic E-state index is 9.35. The molecule has 0 saturated carbocycles. The van der Waals surface area contributed by atoms with Gasteiger partial charge in [-0.25, -0.2) is 0 Å². The highest BCUT2D eigenvalue weighted by atomic mass is 16.5. The van der Waals surface area contributed by atoms with Crippen LogP contribution < -0.4 is 0 Å². The van der Waals surface area contributed by atoms with E-state index in [4.69, 9.17) is 4.74 Å². The van der Waals surface area contributed by atoms with E-state index in [1.165, 1.54) is 5.56 Å². The summed E-state index contributed by atoms with van der Waals surface area (Å²) in [5, 5.41) is 9.35. The fourth-order valence-electron chi connectivity index (χ4n) is 1.38. The molecule has 1 aromatic rings. The summed E-state index contributed by atoms with van der Waals surface area (Å²) in [6.45, 7) is 4.71. The number of rotatable bonds is 7. The molecule has 0 saturated heterocycles. The second-order valence-corrected chi connectivity index (χ2v) is 3.62. The average Bonchev–Trinajstić information content (AvgIpc) is 2.30. The van der Waals surface area contributed by atoms with Gasteiger partial charge >= 0.3 is 0 Å². The van der Waals surface area contributed by atoms with Crippen LogP contribution in [0.25, 0.3) is 0 Å². The standard InChI is InChI=1S/C14H18O2/c1-2-7-14(15)10-6-11-16-12-13-8-4-3-5-9-13/h3-5,7-9,14-15H,1,6,10-12H2/t14-/m0/s1. The first kappa shape index (κ1) is 12.7. The molecule has 16 heavy (non-hydrogen) atoms. The molecule has 0 amide bonds. The van der Waals surface area contributed by atoms with Crippen LogP contribution in [-0.2, 0) is 11.3 Å². The SMILES string of the molecule is C=C=C[C@H](O)CCCOCc1ccccc1. The van der Waals surface area contributed by atoms with Crippen LogP contribution in [0, 0.1) is 0 Å². The van der Waals surface area contributed by atoms with Crippen LogP contribution in [0.2, 0.25) is 0 Å². The predicted molar refractivity (Wildman–Crippen MR) is 65.0 cm³/mol. The van der Waals surface area contributed by atoms with Gasteiger partial charge in [-0.1, -0.05) is 36.9 Å². The Kier molecular flexibility index (Phi) is 6.28. The minimum Gasteiger partial charge on any atom is -0.388 e. The van der Waals surface area contributed by atoms with Crippen molar-refractivity contribution in [3.8, 4) is 0 Å². The highest BCUT2D eigenvalue weighted by molar-refractivity contribution is 5.13. The third-order valence-corrected chi connectivity index (χ3v) is 2.21. The zero-order valence-corrected chi connectivity index (χ0v) is 9.43. The summed E-state index contributed by atoms with van der Waals surface area (Å²) >= 11 is 0. The van der Waals surface area contributed by atoms with Crippen molar-refractivity contribution in [1.29, 1.82) is 0 Å². The lowest BCUT2D eigenvalue weighted by Crippen LogP contribution is -2.04. The highest BCUT2D eigenvalue weighted by Gasteiger charge is 1.98. The number of aliphatic hydroxyl groups excluding tert-OH is 1. The summed E-state index contributed by atoms with van der Waals surface area (Å²) in [6, 6.07) is 10.1. The minimum absolute atomic E-state index is 0.446. The van der Waals surface area contributed by atoms with E-state index in [0.717, 1.165) is 6.42 Å².